The predicted octanol–water partition coefficient (Wildman–Crippen LogP) is 3.30. The van der Waals surface area contributed by atoms with E-state index in [9.17, 15) is 9.59 Å². The first-order valence-electron chi connectivity index (χ1n) is 8.61. The Kier molecular flexibility index (Phi) is 5.74. The van der Waals surface area contributed by atoms with Gasteiger partial charge in [0.05, 0.1) is 18.3 Å². The smallest absolute Gasteiger partial charge is 0.244 e. The van der Waals surface area contributed by atoms with E-state index in [1.165, 1.54) is 5.56 Å². The lowest BCUT2D eigenvalue weighted by Gasteiger charge is -2.28. The van der Waals surface area contributed by atoms with Crippen molar-refractivity contribution in [3.63, 3.8) is 0 Å². The van der Waals surface area contributed by atoms with E-state index in [-0.39, 0.29) is 24.4 Å². The van der Waals surface area contributed by atoms with E-state index in [0.717, 1.165) is 22.3 Å². The molecule has 136 valence electrons. The standard InChI is InChI=1S/C20H22BrN3O2/c1-14(20(26)24-12-11-15-7-3-6-10-18(15)24)23(2)13-19(25)22-17-9-5-4-8-16(17)21/h3-10,14H,11-13H2,1-2H3,(H,22,25)/t14-/m0/s1. The summed E-state index contributed by atoms with van der Waals surface area (Å²) in [5.74, 6) is -0.132. The first-order valence-corrected chi connectivity index (χ1v) is 9.40. The average molecular weight is 416 g/mol. The molecule has 0 saturated heterocycles. The van der Waals surface area contributed by atoms with Crippen molar-refractivity contribution in [2.45, 2.75) is 19.4 Å². The Morgan fingerprint density at radius 3 is 2.65 bits per heavy atom. The lowest BCUT2D eigenvalue weighted by atomic mass is 10.2. The van der Waals surface area contributed by atoms with Crippen LogP contribution in [0.2, 0.25) is 0 Å². The number of anilines is 2. The van der Waals surface area contributed by atoms with Gasteiger partial charge in [0.15, 0.2) is 0 Å². The van der Waals surface area contributed by atoms with E-state index in [1.807, 2.05) is 54.3 Å². The van der Waals surface area contributed by atoms with Crippen LogP contribution in [-0.2, 0) is 16.0 Å². The van der Waals surface area contributed by atoms with E-state index in [0.29, 0.717) is 6.54 Å². The molecule has 6 heteroatoms. The second-order valence-electron chi connectivity index (χ2n) is 6.49. The molecule has 3 rings (SSSR count). The van der Waals surface area contributed by atoms with E-state index in [1.54, 1.807) is 11.9 Å². The third kappa shape index (κ3) is 3.97. The number of nitrogens with one attached hydrogen (secondary N) is 1. The van der Waals surface area contributed by atoms with Crippen LogP contribution < -0.4 is 10.2 Å². The molecule has 0 bridgehead atoms. The first-order chi connectivity index (χ1) is 12.5. The molecular formula is C20H22BrN3O2. The summed E-state index contributed by atoms with van der Waals surface area (Å²) in [5.41, 5.74) is 2.90. The molecule has 1 atom stereocenters. The molecule has 26 heavy (non-hydrogen) atoms. The number of fused-ring (bicyclic) bond motifs is 1. The zero-order chi connectivity index (χ0) is 18.7. The number of likely N-dealkylation sites (N-methyl/N-ethyl adjacent to an activating group) is 1. The minimum absolute atomic E-state index is 0.0196. The number of hydrogen-bond acceptors (Lipinski definition) is 3. The van der Waals surface area contributed by atoms with Crippen LogP contribution in [0.1, 0.15) is 12.5 Å². The molecule has 1 aliphatic heterocycles. The van der Waals surface area contributed by atoms with Crippen LogP contribution in [0.3, 0.4) is 0 Å². The molecule has 5 nitrogen and oxygen atoms in total. The van der Waals surface area contributed by atoms with Gasteiger partial charge in [-0.3, -0.25) is 14.5 Å². The summed E-state index contributed by atoms with van der Waals surface area (Å²) >= 11 is 3.41. The second kappa shape index (κ2) is 8.01. The summed E-state index contributed by atoms with van der Waals surface area (Å²) in [4.78, 5) is 28.8. The lowest BCUT2D eigenvalue weighted by Crippen LogP contribution is -2.47. The molecule has 2 aromatic carbocycles. The number of nitrogens with zero attached hydrogens (tertiary/aromatic N) is 2. The highest BCUT2D eigenvalue weighted by molar-refractivity contribution is 9.10. The van der Waals surface area contributed by atoms with Crippen molar-refractivity contribution in [1.29, 1.82) is 0 Å². The van der Waals surface area contributed by atoms with Crippen LogP contribution in [0.25, 0.3) is 0 Å². The normalized spacial score (nSPS) is 14.2. The third-order valence-corrected chi connectivity index (χ3v) is 5.40. The Labute approximate surface area is 162 Å². The van der Waals surface area contributed by atoms with Gasteiger partial charge in [-0.1, -0.05) is 30.3 Å². The molecule has 2 amide bonds. The molecule has 0 saturated carbocycles. The lowest BCUT2D eigenvalue weighted by molar-refractivity contribution is -0.124. The predicted molar refractivity (Wildman–Crippen MR) is 107 cm³/mol. The fraction of sp³-hybridized carbons (Fsp3) is 0.300. The van der Waals surface area contributed by atoms with Crippen molar-refractivity contribution in [2.24, 2.45) is 0 Å². The number of para-hydroxylation sites is 2. The van der Waals surface area contributed by atoms with Gasteiger partial charge in [-0.05, 0) is 60.1 Å². The van der Waals surface area contributed by atoms with Gasteiger partial charge in [0.2, 0.25) is 11.8 Å². The van der Waals surface area contributed by atoms with E-state index >= 15 is 0 Å². The molecule has 2 aromatic rings. The highest BCUT2D eigenvalue weighted by atomic mass is 79.9. The quantitative estimate of drug-likeness (QED) is 0.814. The fourth-order valence-electron chi connectivity index (χ4n) is 3.10. The van der Waals surface area contributed by atoms with Gasteiger partial charge in [0, 0.05) is 16.7 Å². The van der Waals surface area contributed by atoms with Gasteiger partial charge in [0.25, 0.3) is 0 Å². The summed E-state index contributed by atoms with van der Waals surface area (Å²) < 4.78 is 0.828. The number of hydrogen-bond donors (Lipinski definition) is 1. The zero-order valence-corrected chi connectivity index (χ0v) is 16.5. The number of carbonyl (C=O) groups excluding carboxylic acids is 2. The number of rotatable bonds is 5. The average Bonchev–Trinajstić information content (AvgIpc) is 3.06. The second-order valence-corrected chi connectivity index (χ2v) is 7.34. The number of amides is 2. The van der Waals surface area contributed by atoms with Crippen molar-refractivity contribution < 1.29 is 9.59 Å². The van der Waals surface area contributed by atoms with Crippen LogP contribution in [0, 0.1) is 0 Å². The Morgan fingerprint density at radius 1 is 1.19 bits per heavy atom. The maximum Gasteiger partial charge on any atom is 0.244 e. The van der Waals surface area contributed by atoms with Crippen LogP contribution >= 0.6 is 15.9 Å². The molecule has 0 aromatic heterocycles. The van der Waals surface area contributed by atoms with Gasteiger partial charge < -0.3 is 10.2 Å². The van der Waals surface area contributed by atoms with Crippen molar-refractivity contribution in [2.75, 3.05) is 30.4 Å². The molecular weight excluding hydrogens is 394 g/mol. The highest BCUT2D eigenvalue weighted by Crippen LogP contribution is 2.28. The Balaban J connectivity index is 1.61. The monoisotopic (exact) mass is 415 g/mol. The SMILES string of the molecule is C[C@@H](C(=O)N1CCc2ccccc21)N(C)CC(=O)Nc1ccccc1Br. The van der Waals surface area contributed by atoms with Crippen LogP contribution in [0.15, 0.2) is 53.0 Å². The summed E-state index contributed by atoms with van der Waals surface area (Å²) in [6.07, 6.45) is 0.876. The molecule has 1 N–H and O–H groups in total. The zero-order valence-electron chi connectivity index (χ0n) is 14.9. The molecule has 0 unspecified atom stereocenters. The fourth-order valence-corrected chi connectivity index (χ4v) is 3.48. The number of halogens is 1. The van der Waals surface area contributed by atoms with Crippen molar-refractivity contribution in [1.82, 2.24) is 4.90 Å². The Morgan fingerprint density at radius 2 is 1.88 bits per heavy atom. The van der Waals surface area contributed by atoms with Gasteiger partial charge >= 0.3 is 0 Å². The van der Waals surface area contributed by atoms with E-state index < -0.39 is 0 Å². The summed E-state index contributed by atoms with van der Waals surface area (Å²) in [6, 6.07) is 15.1. The number of carbonyl (C=O) groups is 2. The number of benzene rings is 2. The first kappa shape index (κ1) is 18.6. The van der Waals surface area contributed by atoms with Gasteiger partial charge in [-0.25, -0.2) is 0 Å². The Hall–Kier alpha value is -2.18. The minimum atomic E-state index is -0.383. The molecule has 0 radical (unpaired) electrons. The largest absolute Gasteiger partial charge is 0.324 e. The van der Waals surface area contributed by atoms with Crippen molar-refractivity contribution in [3.05, 3.63) is 58.6 Å². The topological polar surface area (TPSA) is 52.7 Å². The van der Waals surface area contributed by atoms with Crippen molar-refractivity contribution >= 4 is 39.1 Å². The molecule has 0 spiro atoms. The van der Waals surface area contributed by atoms with Crippen LogP contribution in [0.4, 0.5) is 11.4 Å². The summed E-state index contributed by atoms with van der Waals surface area (Å²) in [6.45, 7) is 2.68. The molecule has 0 fully saturated rings. The Bertz CT molecular complexity index is 824. The van der Waals surface area contributed by atoms with Gasteiger partial charge in [-0.2, -0.15) is 0 Å². The van der Waals surface area contributed by atoms with Crippen LogP contribution in [0.5, 0.6) is 0 Å². The van der Waals surface area contributed by atoms with Gasteiger partial charge in [0.1, 0.15) is 0 Å². The van der Waals surface area contributed by atoms with Crippen LogP contribution in [-0.4, -0.2) is 42.9 Å². The van der Waals surface area contributed by atoms with E-state index in [4.69, 9.17) is 0 Å². The maximum atomic E-state index is 12.9. The third-order valence-electron chi connectivity index (χ3n) is 4.71. The molecule has 0 aliphatic carbocycles. The summed E-state index contributed by atoms with van der Waals surface area (Å²) in [7, 11) is 1.80. The van der Waals surface area contributed by atoms with E-state index in [2.05, 4.69) is 27.3 Å². The minimum Gasteiger partial charge on any atom is -0.324 e. The molecule has 1 heterocycles. The molecule has 1 aliphatic rings. The highest BCUT2D eigenvalue weighted by Gasteiger charge is 2.30. The van der Waals surface area contributed by atoms with Gasteiger partial charge in [-0.15, -0.1) is 0 Å². The summed E-state index contributed by atoms with van der Waals surface area (Å²) in [5, 5.41) is 2.87. The van der Waals surface area contributed by atoms with Crippen molar-refractivity contribution in [3.8, 4) is 0 Å². The maximum absolute atomic E-state index is 12.9.